The van der Waals surface area contributed by atoms with Crippen molar-refractivity contribution in [2.24, 2.45) is 14.1 Å². The van der Waals surface area contributed by atoms with Gasteiger partial charge in [0, 0.05) is 32.9 Å². The fourth-order valence-electron chi connectivity index (χ4n) is 2.84. The number of nitrogens with one attached hydrogen (secondary N) is 2. The summed E-state index contributed by atoms with van der Waals surface area (Å²) in [6.45, 7) is 1.52. The molecule has 0 aromatic carbocycles. The van der Waals surface area contributed by atoms with Gasteiger partial charge in [-0.25, -0.2) is 9.78 Å². The summed E-state index contributed by atoms with van der Waals surface area (Å²) in [6.07, 6.45) is 3.54. The highest BCUT2D eigenvalue weighted by molar-refractivity contribution is 5.96. The molecule has 2 aromatic rings. The van der Waals surface area contributed by atoms with Crippen molar-refractivity contribution in [3.63, 3.8) is 0 Å². The molecular weight excluding hydrogens is 298 g/mol. The van der Waals surface area contributed by atoms with Crippen LogP contribution in [-0.4, -0.2) is 39.2 Å². The van der Waals surface area contributed by atoms with E-state index in [4.69, 9.17) is 0 Å². The van der Waals surface area contributed by atoms with Crippen LogP contribution in [0.5, 0.6) is 0 Å². The number of nitrogens with zero attached hydrogens (tertiary/aromatic N) is 3. The fourth-order valence-corrected chi connectivity index (χ4v) is 2.84. The van der Waals surface area contributed by atoms with E-state index < -0.39 is 11.2 Å². The third-order valence-electron chi connectivity index (χ3n) is 4.23. The van der Waals surface area contributed by atoms with Gasteiger partial charge in [-0.3, -0.25) is 18.7 Å². The molecule has 1 fully saturated rings. The number of aryl methyl sites for hydroxylation is 1. The number of rotatable bonds is 3. The van der Waals surface area contributed by atoms with Gasteiger partial charge in [-0.1, -0.05) is 0 Å². The van der Waals surface area contributed by atoms with Crippen LogP contribution in [0.15, 0.2) is 21.9 Å². The molecule has 1 atom stereocenters. The van der Waals surface area contributed by atoms with Crippen LogP contribution >= 0.6 is 0 Å². The molecule has 0 radical (unpaired) electrons. The number of carbonyl (C=O) groups is 1. The number of carbonyl (C=O) groups excluding carboxylic acids is 1. The van der Waals surface area contributed by atoms with E-state index in [1.807, 2.05) is 0 Å². The van der Waals surface area contributed by atoms with Crippen molar-refractivity contribution >= 4 is 16.9 Å². The molecular formula is C15H19N5O3. The lowest BCUT2D eigenvalue weighted by atomic mass is 10.2. The van der Waals surface area contributed by atoms with E-state index in [9.17, 15) is 14.4 Å². The Balaban J connectivity index is 1.92. The van der Waals surface area contributed by atoms with Gasteiger partial charge in [0.05, 0.1) is 10.9 Å². The topological polar surface area (TPSA) is 98.0 Å². The minimum Gasteiger partial charge on any atom is -0.350 e. The molecule has 23 heavy (non-hydrogen) atoms. The summed E-state index contributed by atoms with van der Waals surface area (Å²) in [5, 5.41) is 6.40. The maximum atomic E-state index is 12.2. The van der Waals surface area contributed by atoms with Gasteiger partial charge < -0.3 is 10.6 Å². The highest BCUT2D eigenvalue weighted by atomic mass is 16.2. The number of hydrogen-bond acceptors (Lipinski definition) is 5. The molecule has 1 aliphatic heterocycles. The molecule has 2 N–H and O–H groups in total. The van der Waals surface area contributed by atoms with Crippen molar-refractivity contribution in [3.8, 4) is 0 Å². The first-order chi connectivity index (χ1) is 11.0. The van der Waals surface area contributed by atoms with Crippen LogP contribution in [-0.2, 0) is 14.1 Å². The third kappa shape index (κ3) is 2.77. The van der Waals surface area contributed by atoms with Crippen LogP contribution in [0.25, 0.3) is 11.0 Å². The molecule has 3 rings (SSSR count). The highest BCUT2D eigenvalue weighted by Gasteiger charge is 2.17. The van der Waals surface area contributed by atoms with Gasteiger partial charge >= 0.3 is 5.69 Å². The first-order valence-corrected chi connectivity index (χ1v) is 7.56. The second kappa shape index (κ2) is 5.96. The molecule has 122 valence electrons. The quantitative estimate of drug-likeness (QED) is 0.766. The second-order valence-corrected chi connectivity index (χ2v) is 5.80. The molecule has 3 heterocycles. The number of aromatic nitrogens is 3. The largest absolute Gasteiger partial charge is 0.350 e. The zero-order chi connectivity index (χ0) is 16.6. The van der Waals surface area contributed by atoms with Gasteiger partial charge in [0.15, 0.2) is 0 Å². The standard InChI is InChI=1S/C15H19N5O3/c1-19-12-11(14(22)20(2)15(19)23)6-9(7-17-12)13(21)18-8-10-4-3-5-16-10/h6-7,10,16H,3-5,8H2,1-2H3,(H,18,21). The Morgan fingerprint density at radius 2 is 2.17 bits per heavy atom. The predicted octanol–water partition coefficient (Wildman–Crippen LogP) is -0.886. The lowest BCUT2D eigenvalue weighted by molar-refractivity contribution is 0.0950. The van der Waals surface area contributed by atoms with Crippen molar-refractivity contribution in [3.05, 3.63) is 38.7 Å². The number of pyridine rings is 1. The average molecular weight is 317 g/mol. The smallest absolute Gasteiger partial charge is 0.332 e. The summed E-state index contributed by atoms with van der Waals surface area (Å²) in [6, 6.07) is 1.78. The molecule has 8 heteroatoms. The van der Waals surface area contributed by atoms with Gasteiger partial charge in [-0.05, 0) is 25.5 Å². The first kappa shape index (κ1) is 15.4. The van der Waals surface area contributed by atoms with E-state index in [-0.39, 0.29) is 16.9 Å². The summed E-state index contributed by atoms with van der Waals surface area (Å²) < 4.78 is 2.30. The van der Waals surface area contributed by atoms with Gasteiger partial charge in [0.1, 0.15) is 5.65 Å². The first-order valence-electron chi connectivity index (χ1n) is 7.56. The summed E-state index contributed by atoms with van der Waals surface area (Å²) in [5.41, 5.74) is -0.319. The van der Waals surface area contributed by atoms with Gasteiger partial charge in [0.2, 0.25) is 0 Å². The lowest BCUT2D eigenvalue weighted by Crippen LogP contribution is -2.38. The molecule has 0 saturated carbocycles. The summed E-state index contributed by atoms with van der Waals surface area (Å²) in [7, 11) is 2.95. The SMILES string of the molecule is Cn1c(=O)c2cc(C(=O)NCC3CCCN3)cnc2n(C)c1=O. The van der Waals surface area contributed by atoms with Gasteiger partial charge in [-0.15, -0.1) is 0 Å². The molecule has 0 spiro atoms. The number of amides is 1. The van der Waals surface area contributed by atoms with E-state index in [1.165, 1.54) is 23.9 Å². The van der Waals surface area contributed by atoms with Crippen LogP contribution in [0.3, 0.4) is 0 Å². The monoisotopic (exact) mass is 317 g/mol. The molecule has 1 unspecified atom stereocenters. The molecule has 1 saturated heterocycles. The van der Waals surface area contributed by atoms with Crippen LogP contribution < -0.4 is 21.9 Å². The predicted molar refractivity (Wildman–Crippen MR) is 85.6 cm³/mol. The average Bonchev–Trinajstić information content (AvgIpc) is 3.08. The minimum absolute atomic E-state index is 0.251. The normalized spacial score (nSPS) is 17.6. The Morgan fingerprint density at radius 3 is 2.87 bits per heavy atom. The Morgan fingerprint density at radius 1 is 1.39 bits per heavy atom. The summed E-state index contributed by atoms with van der Waals surface area (Å²) in [4.78, 5) is 40.4. The zero-order valence-corrected chi connectivity index (χ0v) is 13.1. The highest BCUT2D eigenvalue weighted by Crippen LogP contribution is 2.08. The van der Waals surface area contributed by atoms with Crippen molar-refractivity contribution in [2.75, 3.05) is 13.1 Å². The van der Waals surface area contributed by atoms with Crippen molar-refractivity contribution < 1.29 is 4.79 Å². The summed E-state index contributed by atoms with van der Waals surface area (Å²) in [5.74, 6) is -0.274. The fraction of sp³-hybridized carbons (Fsp3) is 0.467. The van der Waals surface area contributed by atoms with Crippen molar-refractivity contribution in [1.29, 1.82) is 0 Å². The van der Waals surface area contributed by atoms with E-state index in [0.717, 1.165) is 24.0 Å². The maximum absolute atomic E-state index is 12.2. The zero-order valence-electron chi connectivity index (χ0n) is 13.1. The molecule has 1 aliphatic rings. The third-order valence-corrected chi connectivity index (χ3v) is 4.23. The van der Waals surface area contributed by atoms with Crippen molar-refractivity contribution in [1.82, 2.24) is 24.8 Å². The molecule has 0 bridgehead atoms. The second-order valence-electron chi connectivity index (χ2n) is 5.80. The molecule has 0 aliphatic carbocycles. The van der Waals surface area contributed by atoms with Gasteiger partial charge in [-0.2, -0.15) is 0 Å². The Bertz CT molecular complexity index is 877. The minimum atomic E-state index is -0.456. The van der Waals surface area contributed by atoms with Crippen LogP contribution in [0.4, 0.5) is 0 Å². The number of hydrogen-bond donors (Lipinski definition) is 2. The van der Waals surface area contributed by atoms with Crippen LogP contribution in [0.2, 0.25) is 0 Å². The lowest BCUT2D eigenvalue weighted by Gasteiger charge is -2.12. The van der Waals surface area contributed by atoms with E-state index >= 15 is 0 Å². The summed E-state index contributed by atoms with van der Waals surface area (Å²) >= 11 is 0. The van der Waals surface area contributed by atoms with Gasteiger partial charge in [0.25, 0.3) is 11.5 Å². The maximum Gasteiger partial charge on any atom is 0.332 e. The van der Waals surface area contributed by atoms with Crippen LogP contribution in [0.1, 0.15) is 23.2 Å². The van der Waals surface area contributed by atoms with Crippen LogP contribution in [0, 0.1) is 0 Å². The molecule has 1 amide bonds. The molecule has 8 nitrogen and oxygen atoms in total. The Hall–Kier alpha value is -2.48. The van der Waals surface area contributed by atoms with E-state index in [2.05, 4.69) is 15.6 Å². The number of fused-ring (bicyclic) bond motifs is 1. The van der Waals surface area contributed by atoms with E-state index in [1.54, 1.807) is 7.05 Å². The Labute approximate surface area is 132 Å². The Kier molecular flexibility index (Phi) is 3.99. The molecule has 2 aromatic heterocycles. The van der Waals surface area contributed by atoms with E-state index in [0.29, 0.717) is 18.2 Å². The van der Waals surface area contributed by atoms with Crippen molar-refractivity contribution in [2.45, 2.75) is 18.9 Å².